The van der Waals surface area contributed by atoms with E-state index in [-0.39, 0.29) is 29.0 Å². The van der Waals surface area contributed by atoms with E-state index in [2.05, 4.69) is 16.8 Å². The van der Waals surface area contributed by atoms with Crippen molar-refractivity contribution >= 4 is 38.7 Å². The third-order valence-electron chi connectivity index (χ3n) is 4.00. The van der Waals surface area contributed by atoms with Gasteiger partial charge in [0.25, 0.3) is 0 Å². The highest BCUT2D eigenvalue weighted by atomic mass is 32.2. The fraction of sp³-hybridized carbons (Fsp3) is 0.438. The number of aromatic nitrogens is 3. The summed E-state index contributed by atoms with van der Waals surface area (Å²) in [5.41, 5.74) is 0. The number of sulfone groups is 1. The van der Waals surface area contributed by atoms with Crippen LogP contribution in [0, 0.1) is 6.92 Å². The van der Waals surface area contributed by atoms with E-state index >= 15 is 0 Å². The highest BCUT2D eigenvalue weighted by molar-refractivity contribution is 7.99. The van der Waals surface area contributed by atoms with Gasteiger partial charge < -0.3 is 4.57 Å². The second kappa shape index (κ2) is 7.43. The van der Waals surface area contributed by atoms with Crippen LogP contribution >= 0.6 is 23.1 Å². The van der Waals surface area contributed by atoms with Gasteiger partial charge in [0.2, 0.25) is 0 Å². The normalized spacial score (nSPS) is 19.2. The van der Waals surface area contributed by atoms with Gasteiger partial charge in [0.05, 0.1) is 22.1 Å². The van der Waals surface area contributed by atoms with Crippen LogP contribution in [0.3, 0.4) is 0 Å². The van der Waals surface area contributed by atoms with Gasteiger partial charge in [-0.2, -0.15) is 0 Å². The smallest absolute Gasteiger partial charge is 0.191 e. The summed E-state index contributed by atoms with van der Waals surface area (Å²) in [6.45, 7) is 6.21. The standard InChI is InChI=1S/C16H19N3O3S3/c1-3-7-19-15(12-6-8-25(21,22)10-12)17-18-16(19)23-9-13(20)14-5-4-11(2)24-14/h3-5,12H,1,6-10H2,2H3. The van der Waals surface area contributed by atoms with Crippen LogP contribution in [-0.2, 0) is 16.4 Å². The van der Waals surface area contributed by atoms with E-state index in [0.29, 0.717) is 23.9 Å². The number of hydrogen-bond acceptors (Lipinski definition) is 7. The first-order valence-corrected chi connectivity index (χ1v) is 11.5. The largest absolute Gasteiger partial charge is 0.302 e. The lowest BCUT2D eigenvalue weighted by Gasteiger charge is -2.10. The number of aryl methyl sites for hydroxylation is 1. The van der Waals surface area contributed by atoms with Crippen molar-refractivity contribution in [1.82, 2.24) is 14.8 Å². The number of carbonyl (C=O) groups is 1. The topological polar surface area (TPSA) is 81.9 Å². The van der Waals surface area contributed by atoms with Crippen molar-refractivity contribution in [3.8, 4) is 0 Å². The summed E-state index contributed by atoms with van der Waals surface area (Å²) in [5.74, 6) is 1.17. The van der Waals surface area contributed by atoms with Crippen LogP contribution in [0.25, 0.3) is 0 Å². The molecule has 0 bridgehead atoms. The van der Waals surface area contributed by atoms with Gasteiger partial charge in [0, 0.05) is 17.3 Å². The Labute approximate surface area is 155 Å². The molecule has 1 unspecified atom stereocenters. The van der Waals surface area contributed by atoms with Crippen molar-refractivity contribution in [2.75, 3.05) is 17.3 Å². The minimum atomic E-state index is -2.99. The van der Waals surface area contributed by atoms with Gasteiger partial charge in [-0.05, 0) is 25.5 Å². The monoisotopic (exact) mass is 397 g/mol. The quantitative estimate of drug-likeness (QED) is 0.406. The summed E-state index contributed by atoms with van der Waals surface area (Å²) in [5, 5.41) is 9.02. The van der Waals surface area contributed by atoms with Gasteiger partial charge in [-0.3, -0.25) is 4.79 Å². The van der Waals surface area contributed by atoms with Crippen LogP contribution in [0.5, 0.6) is 0 Å². The Hall–Kier alpha value is -1.45. The maximum Gasteiger partial charge on any atom is 0.191 e. The van der Waals surface area contributed by atoms with E-state index in [1.165, 1.54) is 23.1 Å². The number of Topliss-reactive ketones (excluding diaryl/α,β-unsaturated/α-hetero) is 1. The fourth-order valence-corrected chi connectivity index (χ4v) is 6.27. The average Bonchev–Trinajstić information content (AvgIpc) is 3.24. The first-order valence-electron chi connectivity index (χ1n) is 7.86. The average molecular weight is 398 g/mol. The molecule has 0 amide bonds. The highest BCUT2D eigenvalue weighted by Crippen LogP contribution is 2.30. The SMILES string of the molecule is C=CCn1c(SCC(=O)c2ccc(C)s2)nnc1C1CCS(=O)(=O)C1. The predicted octanol–water partition coefficient (Wildman–Crippen LogP) is 2.71. The summed E-state index contributed by atoms with van der Waals surface area (Å²) in [6, 6.07) is 3.77. The molecule has 1 saturated heterocycles. The lowest BCUT2D eigenvalue weighted by Crippen LogP contribution is -2.11. The third-order valence-corrected chi connectivity index (χ3v) is 7.78. The maximum absolute atomic E-state index is 12.3. The van der Waals surface area contributed by atoms with Crippen LogP contribution in [0.1, 0.15) is 32.7 Å². The molecule has 1 atom stereocenters. The number of hydrogen-bond donors (Lipinski definition) is 0. The molecule has 0 radical (unpaired) electrons. The maximum atomic E-state index is 12.3. The molecule has 3 heterocycles. The van der Waals surface area contributed by atoms with Crippen molar-refractivity contribution in [2.24, 2.45) is 0 Å². The summed E-state index contributed by atoms with van der Waals surface area (Å²) < 4.78 is 25.3. The Balaban J connectivity index is 1.75. The minimum Gasteiger partial charge on any atom is -0.302 e. The third kappa shape index (κ3) is 4.21. The molecule has 1 aliphatic rings. The molecule has 2 aromatic heterocycles. The zero-order valence-electron chi connectivity index (χ0n) is 13.8. The van der Waals surface area contributed by atoms with Crippen LogP contribution in [0.15, 0.2) is 29.9 Å². The molecule has 0 aliphatic carbocycles. The molecule has 3 rings (SSSR count). The van der Waals surface area contributed by atoms with E-state index in [9.17, 15) is 13.2 Å². The number of nitrogens with zero attached hydrogens (tertiary/aromatic N) is 3. The fourth-order valence-electron chi connectivity index (χ4n) is 2.79. The first-order chi connectivity index (χ1) is 11.9. The van der Waals surface area contributed by atoms with Gasteiger partial charge >= 0.3 is 0 Å². The number of ketones is 1. The first kappa shape index (κ1) is 18.3. The molecule has 0 spiro atoms. The molecule has 2 aromatic rings. The van der Waals surface area contributed by atoms with Gasteiger partial charge in [0.1, 0.15) is 5.82 Å². The van der Waals surface area contributed by atoms with E-state index < -0.39 is 9.84 Å². The lowest BCUT2D eigenvalue weighted by molar-refractivity contribution is 0.102. The molecular weight excluding hydrogens is 378 g/mol. The second-order valence-corrected chi connectivity index (χ2v) is 10.4. The molecule has 1 fully saturated rings. The highest BCUT2D eigenvalue weighted by Gasteiger charge is 2.33. The van der Waals surface area contributed by atoms with E-state index in [1.807, 2.05) is 23.6 Å². The summed E-state index contributed by atoms with van der Waals surface area (Å²) >= 11 is 2.81. The Morgan fingerprint density at radius 1 is 1.48 bits per heavy atom. The number of thiophene rings is 1. The zero-order chi connectivity index (χ0) is 18.0. The molecule has 9 heteroatoms. The second-order valence-electron chi connectivity index (χ2n) is 5.96. The van der Waals surface area contributed by atoms with Crippen molar-refractivity contribution in [3.63, 3.8) is 0 Å². The Morgan fingerprint density at radius 3 is 2.88 bits per heavy atom. The van der Waals surface area contributed by atoms with Crippen LogP contribution < -0.4 is 0 Å². The predicted molar refractivity (Wildman–Crippen MR) is 100 cm³/mol. The van der Waals surface area contributed by atoms with Crippen LogP contribution in [0.2, 0.25) is 0 Å². The van der Waals surface area contributed by atoms with Crippen molar-refractivity contribution < 1.29 is 13.2 Å². The van der Waals surface area contributed by atoms with Crippen molar-refractivity contribution in [3.05, 3.63) is 40.4 Å². The molecule has 134 valence electrons. The van der Waals surface area contributed by atoms with Gasteiger partial charge in [-0.15, -0.1) is 28.1 Å². The number of rotatable bonds is 7. The van der Waals surface area contributed by atoms with Crippen molar-refractivity contribution in [2.45, 2.75) is 31.0 Å². The molecule has 0 aromatic carbocycles. The van der Waals surface area contributed by atoms with Gasteiger partial charge in [0.15, 0.2) is 20.8 Å². The van der Waals surface area contributed by atoms with Crippen LogP contribution in [-0.4, -0.2) is 46.2 Å². The molecule has 25 heavy (non-hydrogen) atoms. The molecular formula is C16H19N3O3S3. The molecule has 1 aliphatic heterocycles. The lowest BCUT2D eigenvalue weighted by atomic mass is 10.1. The summed E-state index contributed by atoms with van der Waals surface area (Å²) in [7, 11) is -2.99. The number of carbonyl (C=O) groups excluding carboxylic acids is 1. The Kier molecular flexibility index (Phi) is 5.45. The number of thioether (sulfide) groups is 1. The molecule has 0 N–H and O–H groups in total. The molecule has 6 nitrogen and oxygen atoms in total. The number of allylic oxidation sites excluding steroid dienone is 1. The van der Waals surface area contributed by atoms with E-state index in [4.69, 9.17) is 0 Å². The minimum absolute atomic E-state index is 0.0567. The van der Waals surface area contributed by atoms with E-state index in [1.54, 1.807) is 6.08 Å². The van der Waals surface area contributed by atoms with Gasteiger partial charge in [-0.1, -0.05) is 17.8 Å². The van der Waals surface area contributed by atoms with Crippen molar-refractivity contribution in [1.29, 1.82) is 0 Å². The Bertz CT molecular complexity index is 899. The molecule has 0 saturated carbocycles. The van der Waals surface area contributed by atoms with Crippen LogP contribution in [0.4, 0.5) is 0 Å². The van der Waals surface area contributed by atoms with E-state index in [0.717, 1.165) is 9.75 Å². The Morgan fingerprint density at radius 2 is 2.28 bits per heavy atom. The summed E-state index contributed by atoms with van der Waals surface area (Å²) in [4.78, 5) is 14.1. The summed E-state index contributed by atoms with van der Waals surface area (Å²) in [6.07, 6.45) is 2.29. The van der Waals surface area contributed by atoms with Gasteiger partial charge in [-0.25, -0.2) is 8.42 Å². The zero-order valence-corrected chi connectivity index (χ0v) is 16.3.